The van der Waals surface area contributed by atoms with E-state index in [-0.39, 0.29) is 16.8 Å². The molecular formula is C17H13Cl3FN3S2. The SMILES string of the molecule is NC(=S)NN=CC1CSc2ccc(F)cc2C1(Cl)c1cc(Cl)ccc1Cl. The minimum absolute atomic E-state index is 0.0390. The molecule has 2 aromatic carbocycles. The predicted molar refractivity (Wildman–Crippen MR) is 112 cm³/mol. The van der Waals surface area contributed by atoms with Crippen LogP contribution in [0.5, 0.6) is 0 Å². The number of thioether (sulfide) groups is 1. The lowest BCUT2D eigenvalue weighted by molar-refractivity contribution is 0.569. The van der Waals surface area contributed by atoms with Crippen LogP contribution in [0.4, 0.5) is 4.39 Å². The molecule has 0 fully saturated rings. The van der Waals surface area contributed by atoms with Crippen LogP contribution in [0, 0.1) is 11.7 Å². The zero-order valence-electron chi connectivity index (χ0n) is 13.2. The fourth-order valence-corrected chi connectivity index (χ4v) is 5.23. The van der Waals surface area contributed by atoms with Gasteiger partial charge in [-0.25, -0.2) is 4.39 Å². The lowest BCUT2D eigenvalue weighted by atomic mass is 9.80. The van der Waals surface area contributed by atoms with Gasteiger partial charge in [-0.05, 0) is 59.7 Å². The molecule has 0 saturated carbocycles. The van der Waals surface area contributed by atoms with Crippen LogP contribution >= 0.6 is 58.8 Å². The third-order valence-corrected chi connectivity index (χ3v) is 6.55. The number of hydrogen-bond donors (Lipinski definition) is 2. The highest BCUT2D eigenvalue weighted by Gasteiger charge is 2.45. The maximum absolute atomic E-state index is 14.0. The molecular weight excluding hydrogens is 436 g/mol. The Hall–Kier alpha value is -1.05. The molecule has 1 heterocycles. The van der Waals surface area contributed by atoms with Crippen LogP contribution in [0.3, 0.4) is 0 Å². The third kappa shape index (κ3) is 3.80. The number of rotatable bonds is 3. The van der Waals surface area contributed by atoms with E-state index in [1.165, 1.54) is 12.1 Å². The number of thiocarbonyl (C=S) groups is 1. The Balaban J connectivity index is 2.19. The van der Waals surface area contributed by atoms with Crippen molar-refractivity contribution in [2.75, 3.05) is 5.75 Å². The normalized spacial score (nSPS) is 22.2. The van der Waals surface area contributed by atoms with E-state index in [4.69, 9.17) is 52.8 Å². The number of hydrazone groups is 1. The summed E-state index contributed by atoms with van der Waals surface area (Å²) in [6.07, 6.45) is 1.62. The monoisotopic (exact) mass is 447 g/mol. The van der Waals surface area contributed by atoms with Crippen LogP contribution in [-0.4, -0.2) is 17.1 Å². The maximum Gasteiger partial charge on any atom is 0.184 e. The van der Waals surface area contributed by atoms with Gasteiger partial charge in [-0.1, -0.05) is 23.2 Å². The zero-order valence-corrected chi connectivity index (χ0v) is 17.1. The second-order valence-corrected chi connectivity index (χ2v) is 8.59. The van der Waals surface area contributed by atoms with Crippen molar-refractivity contribution in [3.05, 3.63) is 63.4 Å². The number of hydrogen-bond acceptors (Lipinski definition) is 3. The molecule has 2 aromatic rings. The highest BCUT2D eigenvalue weighted by atomic mass is 35.5. The Labute approximate surface area is 175 Å². The van der Waals surface area contributed by atoms with E-state index in [1.54, 1.807) is 42.2 Å². The molecule has 3 N–H and O–H groups in total. The van der Waals surface area contributed by atoms with Crippen molar-refractivity contribution in [3.8, 4) is 0 Å². The van der Waals surface area contributed by atoms with Gasteiger partial charge in [0.15, 0.2) is 5.11 Å². The van der Waals surface area contributed by atoms with Crippen LogP contribution in [0.15, 0.2) is 46.4 Å². The molecule has 2 atom stereocenters. The number of alkyl halides is 1. The first-order valence-corrected chi connectivity index (χ1v) is 10.0. The topological polar surface area (TPSA) is 50.4 Å². The van der Waals surface area contributed by atoms with Crippen LogP contribution in [0.25, 0.3) is 0 Å². The van der Waals surface area contributed by atoms with Crippen molar-refractivity contribution in [2.45, 2.75) is 9.77 Å². The minimum atomic E-state index is -1.15. The third-order valence-electron chi connectivity index (χ3n) is 4.01. The standard InChI is InChI=1S/C17H13Cl3FN3S2/c18-10-1-3-14(19)12(5-10)17(20)9(7-23-24-16(22)25)8-26-15-4-2-11(21)6-13(15)17/h1-7,9H,8H2,(H3,22,24,25). The molecule has 0 aliphatic carbocycles. The summed E-state index contributed by atoms with van der Waals surface area (Å²) in [5.74, 6) is -0.0966. The second kappa shape index (κ2) is 7.90. The Morgan fingerprint density at radius 3 is 2.81 bits per heavy atom. The highest BCUT2D eigenvalue weighted by Crippen LogP contribution is 2.53. The summed E-state index contributed by atoms with van der Waals surface area (Å²) >= 11 is 26.1. The summed E-state index contributed by atoms with van der Waals surface area (Å²) in [4.78, 5) is -0.268. The average molecular weight is 449 g/mol. The van der Waals surface area contributed by atoms with Crippen molar-refractivity contribution in [2.24, 2.45) is 16.8 Å². The van der Waals surface area contributed by atoms with Crippen molar-refractivity contribution < 1.29 is 4.39 Å². The number of fused-ring (bicyclic) bond motifs is 1. The van der Waals surface area contributed by atoms with Gasteiger partial charge in [-0.2, -0.15) is 5.10 Å². The second-order valence-electron chi connectivity index (χ2n) is 5.65. The molecule has 0 radical (unpaired) electrons. The fraction of sp³-hybridized carbons (Fsp3) is 0.176. The van der Waals surface area contributed by atoms with Gasteiger partial charge in [0.2, 0.25) is 0 Å². The molecule has 136 valence electrons. The van der Waals surface area contributed by atoms with Gasteiger partial charge < -0.3 is 5.73 Å². The smallest absolute Gasteiger partial charge is 0.184 e. The van der Waals surface area contributed by atoms with Gasteiger partial charge in [-0.3, -0.25) is 5.43 Å². The maximum atomic E-state index is 14.0. The molecule has 0 aromatic heterocycles. The zero-order chi connectivity index (χ0) is 18.9. The molecule has 2 unspecified atom stereocenters. The average Bonchev–Trinajstić information content (AvgIpc) is 2.59. The van der Waals surface area contributed by atoms with Gasteiger partial charge in [0.25, 0.3) is 0 Å². The van der Waals surface area contributed by atoms with Crippen LogP contribution < -0.4 is 11.2 Å². The summed E-state index contributed by atoms with van der Waals surface area (Å²) in [5, 5.41) is 5.01. The van der Waals surface area contributed by atoms with Crippen LogP contribution in [0.2, 0.25) is 10.0 Å². The first-order valence-electron chi connectivity index (χ1n) is 7.48. The van der Waals surface area contributed by atoms with Gasteiger partial charge in [0.05, 0.1) is 0 Å². The molecule has 0 amide bonds. The van der Waals surface area contributed by atoms with Crippen molar-refractivity contribution >= 4 is 70.1 Å². The van der Waals surface area contributed by atoms with E-state index >= 15 is 0 Å². The summed E-state index contributed by atoms with van der Waals surface area (Å²) in [6.45, 7) is 0. The molecule has 0 spiro atoms. The first-order chi connectivity index (χ1) is 12.3. The van der Waals surface area contributed by atoms with Gasteiger partial charge in [-0.15, -0.1) is 23.4 Å². The van der Waals surface area contributed by atoms with E-state index < -0.39 is 4.87 Å². The summed E-state index contributed by atoms with van der Waals surface area (Å²) in [6, 6.07) is 9.59. The summed E-state index contributed by atoms with van der Waals surface area (Å²) in [5.41, 5.74) is 9.14. The van der Waals surface area contributed by atoms with Crippen molar-refractivity contribution in [1.29, 1.82) is 0 Å². The molecule has 0 bridgehead atoms. The van der Waals surface area contributed by atoms with E-state index in [0.29, 0.717) is 26.9 Å². The Bertz CT molecular complexity index is 894. The molecule has 3 nitrogen and oxygen atoms in total. The summed E-state index contributed by atoms with van der Waals surface area (Å²) < 4.78 is 14.0. The van der Waals surface area contributed by atoms with Gasteiger partial charge in [0.1, 0.15) is 10.7 Å². The van der Waals surface area contributed by atoms with E-state index in [0.717, 1.165) is 4.90 Å². The van der Waals surface area contributed by atoms with Crippen molar-refractivity contribution in [1.82, 2.24) is 5.43 Å². The lowest BCUT2D eigenvalue weighted by Crippen LogP contribution is -2.38. The van der Waals surface area contributed by atoms with Crippen LogP contribution in [-0.2, 0) is 4.87 Å². The molecule has 1 aliphatic heterocycles. The van der Waals surface area contributed by atoms with Crippen molar-refractivity contribution in [3.63, 3.8) is 0 Å². The molecule has 1 aliphatic rings. The van der Waals surface area contributed by atoms with E-state index in [2.05, 4.69) is 10.5 Å². The Morgan fingerprint density at radius 2 is 2.08 bits per heavy atom. The van der Waals surface area contributed by atoms with E-state index in [1.807, 2.05) is 0 Å². The molecule has 26 heavy (non-hydrogen) atoms. The van der Waals surface area contributed by atoms with Gasteiger partial charge >= 0.3 is 0 Å². The van der Waals surface area contributed by atoms with Crippen LogP contribution in [0.1, 0.15) is 11.1 Å². The number of nitrogens with two attached hydrogens (primary N) is 1. The number of benzene rings is 2. The highest BCUT2D eigenvalue weighted by molar-refractivity contribution is 7.99. The minimum Gasteiger partial charge on any atom is -0.375 e. The largest absolute Gasteiger partial charge is 0.375 e. The first kappa shape index (κ1) is 19.7. The Morgan fingerprint density at radius 1 is 1.31 bits per heavy atom. The molecule has 3 rings (SSSR count). The molecule has 0 saturated heterocycles. The van der Waals surface area contributed by atoms with Gasteiger partial charge in [0, 0.05) is 32.8 Å². The fourth-order valence-electron chi connectivity index (χ4n) is 2.86. The Kier molecular flexibility index (Phi) is 5.99. The lowest BCUT2D eigenvalue weighted by Gasteiger charge is -2.39. The molecule has 9 heteroatoms. The van der Waals surface area contributed by atoms with E-state index in [9.17, 15) is 4.39 Å². The predicted octanol–water partition coefficient (Wildman–Crippen LogP) is 5.16. The summed E-state index contributed by atoms with van der Waals surface area (Å²) in [7, 11) is 0. The number of nitrogens with zero attached hydrogens (tertiary/aromatic N) is 1. The number of nitrogens with one attached hydrogen (secondary N) is 1. The quantitative estimate of drug-likeness (QED) is 0.295. The number of halogens is 4.